The molecule has 6 nitrogen and oxygen atoms in total. The van der Waals surface area contributed by atoms with E-state index in [2.05, 4.69) is 10.3 Å². The number of nitrogens with one attached hydrogen (secondary N) is 1. The molecular weight excluding hydrogens is 502 g/mol. The van der Waals surface area contributed by atoms with E-state index in [1.54, 1.807) is 32.2 Å². The van der Waals surface area contributed by atoms with Crippen LogP contribution in [0.4, 0.5) is 17.6 Å². The summed E-state index contributed by atoms with van der Waals surface area (Å²) in [7, 11) is 1.55. The molecule has 0 aliphatic carbocycles. The molecule has 1 amide bonds. The Labute approximate surface area is 218 Å². The molecule has 1 heterocycles. The molecule has 0 bridgehead atoms. The largest absolute Gasteiger partial charge is 0.497 e. The maximum Gasteiger partial charge on any atom is 0.417 e. The first-order chi connectivity index (χ1) is 17.8. The number of rotatable bonds is 9. The van der Waals surface area contributed by atoms with E-state index in [1.807, 2.05) is 18.2 Å². The molecular formula is C28H27F4N3O3. The minimum Gasteiger partial charge on any atom is -0.497 e. The van der Waals surface area contributed by atoms with Crippen molar-refractivity contribution in [3.8, 4) is 17.7 Å². The number of alkyl halides is 3. The van der Waals surface area contributed by atoms with E-state index < -0.39 is 41.0 Å². The van der Waals surface area contributed by atoms with Crippen molar-refractivity contribution in [1.82, 2.24) is 10.3 Å². The lowest BCUT2D eigenvalue weighted by molar-refractivity contribution is -0.138. The average Bonchev–Trinajstić information content (AvgIpc) is 2.86. The number of methoxy groups -OCH3 is 1. The summed E-state index contributed by atoms with van der Waals surface area (Å²) >= 11 is 0. The Balaban J connectivity index is 1.83. The van der Waals surface area contributed by atoms with E-state index in [0.717, 1.165) is 23.8 Å². The van der Waals surface area contributed by atoms with Crippen LogP contribution < -0.4 is 14.8 Å². The predicted octanol–water partition coefficient (Wildman–Crippen LogP) is 5.81. The smallest absolute Gasteiger partial charge is 0.417 e. The zero-order chi connectivity index (χ0) is 28.1. The molecule has 0 saturated heterocycles. The topological polar surface area (TPSA) is 84.2 Å². The number of nitrogens with zero attached hydrogens (tertiary/aromatic N) is 2. The van der Waals surface area contributed by atoms with Crippen molar-refractivity contribution in [3.63, 3.8) is 0 Å². The average molecular weight is 530 g/mol. The van der Waals surface area contributed by atoms with Gasteiger partial charge in [0.15, 0.2) is 5.60 Å². The summed E-state index contributed by atoms with van der Waals surface area (Å²) in [4.78, 5) is 16.8. The Hall–Kier alpha value is -4.13. The third-order valence-corrected chi connectivity index (χ3v) is 6.02. The van der Waals surface area contributed by atoms with Gasteiger partial charge >= 0.3 is 6.18 Å². The highest BCUT2D eigenvalue weighted by atomic mass is 19.4. The second kappa shape index (κ2) is 11.5. The number of hydrogen-bond acceptors (Lipinski definition) is 5. The normalized spacial score (nSPS) is 13.2. The highest BCUT2D eigenvalue weighted by molar-refractivity contribution is 5.85. The number of carbonyl (C=O) groups excluding carboxylic acids is 1. The SMILES string of the molecule is COc1ccc(CC(c2cc(F)cc(C#N)c2)C(C)NC(=O)C(C)(C)Oc2ccc(C(F)(F)F)cn2)cc1. The quantitative estimate of drug-likeness (QED) is 0.354. The highest BCUT2D eigenvalue weighted by Crippen LogP contribution is 2.30. The highest BCUT2D eigenvalue weighted by Gasteiger charge is 2.35. The molecule has 0 aliphatic rings. The summed E-state index contributed by atoms with van der Waals surface area (Å²) in [5, 5.41) is 12.2. The van der Waals surface area contributed by atoms with Crippen LogP contribution in [0.15, 0.2) is 60.8 Å². The molecule has 3 aromatic rings. The van der Waals surface area contributed by atoms with E-state index >= 15 is 0 Å². The second-order valence-corrected chi connectivity index (χ2v) is 9.30. The van der Waals surface area contributed by atoms with Gasteiger partial charge in [-0.05, 0) is 74.7 Å². The number of halogens is 4. The van der Waals surface area contributed by atoms with Crippen LogP contribution in [0.5, 0.6) is 11.6 Å². The van der Waals surface area contributed by atoms with E-state index in [9.17, 15) is 27.6 Å². The summed E-state index contributed by atoms with van der Waals surface area (Å²) in [6.07, 6.45) is -3.51. The van der Waals surface area contributed by atoms with Crippen molar-refractivity contribution in [2.45, 2.75) is 50.9 Å². The van der Waals surface area contributed by atoms with E-state index in [0.29, 0.717) is 23.9 Å². The van der Waals surface area contributed by atoms with Crippen LogP contribution in [0.3, 0.4) is 0 Å². The zero-order valence-corrected chi connectivity index (χ0v) is 21.3. The van der Waals surface area contributed by atoms with Crippen molar-refractivity contribution in [1.29, 1.82) is 5.26 Å². The van der Waals surface area contributed by atoms with Gasteiger partial charge in [0.25, 0.3) is 5.91 Å². The fraction of sp³-hybridized carbons (Fsp3) is 0.321. The third kappa shape index (κ3) is 7.22. The lowest BCUT2D eigenvalue weighted by atomic mass is 9.85. The van der Waals surface area contributed by atoms with Crippen LogP contribution in [0, 0.1) is 17.1 Å². The van der Waals surface area contributed by atoms with Crippen LogP contribution >= 0.6 is 0 Å². The van der Waals surface area contributed by atoms with Gasteiger partial charge in [0.05, 0.1) is 24.3 Å². The Morgan fingerprint density at radius 3 is 2.34 bits per heavy atom. The molecule has 2 unspecified atom stereocenters. The fourth-order valence-electron chi connectivity index (χ4n) is 3.89. The first-order valence-electron chi connectivity index (χ1n) is 11.7. The third-order valence-electron chi connectivity index (χ3n) is 6.02. The molecule has 1 N–H and O–H groups in total. The number of benzene rings is 2. The standard InChI is InChI=1S/C28H27F4N3O3/c1-17(35-26(36)27(2,3)38-25-10-7-21(16-34-25)28(30,31)32)24(13-18-5-8-23(37-4)9-6-18)20-11-19(15-33)12-22(29)14-20/h5-12,14,16-17,24H,13H2,1-4H3,(H,35,36). The molecule has 0 saturated carbocycles. The number of ether oxygens (including phenoxy) is 2. The monoisotopic (exact) mass is 529 g/mol. The van der Waals surface area contributed by atoms with Crippen molar-refractivity contribution in [2.75, 3.05) is 7.11 Å². The van der Waals surface area contributed by atoms with Crippen LogP contribution in [-0.4, -0.2) is 29.6 Å². The second-order valence-electron chi connectivity index (χ2n) is 9.30. The number of pyridine rings is 1. The molecule has 1 aromatic heterocycles. The minimum absolute atomic E-state index is 0.148. The molecule has 2 aromatic carbocycles. The van der Waals surface area contributed by atoms with Gasteiger partial charge in [-0.25, -0.2) is 9.37 Å². The summed E-state index contributed by atoms with van der Waals surface area (Å²) in [6, 6.07) is 14.6. The molecule has 10 heteroatoms. The van der Waals surface area contributed by atoms with Crippen molar-refractivity contribution < 1.29 is 31.8 Å². The van der Waals surface area contributed by atoms with Crippen molar-refractivity contribution in [3.05, 3.63) is 88.9 Å². The van der Waals surface area contributed by atoms with E-state index in [-0.39, 0.29) is 11.4 Å². The van der Waals surface area contributed by atoms with Gasteiger partial charge in [-0.2, -0.15) is 18.4 Å². The Bertz CT molecular complexity index is 1300. The molecule has 3 rings (SSSR count). The molecule has 0 radical (unpaired) electrons. The van der Waals surface area contributed by atoms with Crippen LogP contribution in [0.1, 0.15) is 48.9 Å². The molecule has 200 valence electrons. The van der Waals surface area contributed by atoms with Crippen molar-refractivity contribution >= 4 is 5.91 Å². The van der Waals surface area contributed by atoms with Gasteiger partial charge in [-0.3, -0.25) is 4.79 Å². The predicted molar refractivity (Wildman–Crippen MR) is 132 cm³/mol. The molecule has 0 aliphatic heterocycles. The van der Waals surface area contributed by atoms with Gasteiger partial charge < -0.3 is 14.8 Å². The van der Waals surface area contributed by atoms with Gasteiger partial charge in [-0.1, -0.05) is 12.1 Å². The van der Waals surface area contributed by atoms with Crippen LogP contribution in [0.2, 0.25) is 0 Å². The number of nitriles is 1. The first-order valence-corrected chi connectivity index (χ1v) is 11.7. The van der Waals surface area contributed by atoms with Gasteiger partial charge in [0.2, 0.25) is 5.88 Å². The summed E-state index contributed by atoms with van der Waals surface area (Å²) < 4.78 is 63.6. The summed E-state index contributed by atoms with van der Waals surface area (Å²) in [5.74, 6) is -1.04. The first kappa shape index (κ1) is 28.4. The maximum atomic E-state index is 14.3. The lowest BCUT2D eigenvalue weighted by Crippen LogP contribution is -2.51. The molecule has 38 heavy (non-hydrogen) atoms. The summed E-state index contributed by atoms with van der Waals surface area (Å²) in [6.45, 7) is 4.67. The van der Waals surface area contributed by atoms with Crippen molar-refractivity contribution in [2.24, 2.45) is 0 Å². The van der Waals surface area contributed by atoms with E-state index in [4.69, 9.17) is 9.47 Å². The number of carbonyl (C=O) groups is 1. The van der Waals surface area contributed by atoms with Gasteiger partial charge in [0, 0.05) is 24.2 Å². The lowest BCUT2D eigenvalue weighted by Gasteiger charge is -2.30. The van der Waals surface area contributed by atoms with E-state index in [1.165, 1.54) is 19.9 Å². The fourth-order valence-corrected chi connectivity index (χ4v) is 3.89. The van der Waals surface area contributed by atoms with Gasteiger partial charge in [-0.15, -0.1) is 0 Å². The zero-order valence-electron chi connectivity index (χ0n) is 21.3. The Morgan fingerprint density at radius 2 is 1.79 bits per heavy atom. The molecule has 2 atom stereocenters. The van der Waals surface area contributed by atoms with Gasteiger partial charge in [0.1, 0.15) is 11.6 Å². The Kier molecular flexibility index (Phi) is 8.61. The number of aromatic nitrogens is 1. The summed E-state index contributed by atoms with van der Waals surface area (Å²) in [5.41, 5.74) is -0.868. The van der Waals surface area contributed by atoms with Crippen LogP contribution in [0.25, 0.3) is 0 Å². The number of hydrogen-bond donors (Lipinski definition) is 1. The molecule has 0 fully saturated rings. The maximum absolute atomic E-state index is 14.3. The molecule has 0 spiro atoms. The number of amides is 1. The Morgan fingerprint density at radius 1 is 1.11 bits per heavy atom. The minimum atomic E-state index is -4.55. The van der Waals surface area contributed by atoms with Crippen LogP contribution in [-0.2, 0) is 17.4 Å².